The Hall–Kier alpha value is -1.28. The van der Waals surface area contributed by atoms with E-state index >= 15 is 0 Å². The minimum Gasteiger partial charge on any atom is -0.357 e. The van der Waals surface area contributed by atoms with Gasteiger partial charge in [-0.1, -0.05) is 26.0 Å². The lowest BCUT2D eigenvalue weighted by molar-refractivity contribution is 0.717. The molecular weight excluding hydrogens is 196 g/mol. The van der Waals surface area contributed by atoms with Crippen LogP contribution in [0.15, 0.2) is 24.3 Å². The Labute approximate surface area is 95.8 Å². The van der Waals surface area contributed by atoms with Crippen LogP contribution >= 0.6 is 0 Å². The van der Waals surface area contributed by atoms with Crippen LogP contribution in [0.3, 0.4) is 0 Å². The number of hydrogen-bond acceptors (Lipinski definition) is 1. The van der Waals surface area contributed by atoms with Gasteiger partial charge in [-0.05, 0) is 41.8 Å². The third kappa shape index (κ3) is 1.45. The van der Waals surface area contributed by atoms with Crippen LogP contribution in [0.5, 0.6) is 0 Å². The molecule has 16 heavy (non-hydrogen) atoms. The van der Waals surface area contributed by atoms with E-state index in [-0.39, 0.29) is 5.54 Å². The highest BCUT2D eigenvalue weighted by atomic mass is 14.9. The highest BCUT2D eigenvalue weighted by Crippen LogP contribution is 2.43. The van der Waals surface area contributed by atoms with E-state index in [1.807, 2.05) is 0 Å². The molecule has 1 fully saturated rings. The van der Waals surface area contributed by atoms with Crippen molar-refractivity contribution in [2.45, 2.75) is 38.1 Å². The normalized spacial score (nSPS) is 18.2. The van der Waals surface area contributed by atoms with Gasteiger partial charge in [0.25, 0.3) is 0 Å². The molecule has 84 valence electrons. The summed E-state index contributed by atoms with van der Waals surface area (Å²) in [6.07, 6.45) is 2.22. The number of nitrogens with two attached hydrogens (primary N) is 1. The van der Waals surface area contributed by atoms with Crippen molar-refractivity contribution in [3.05, 3.63) is 35.5 Å². The lowest BCUT2D eigenvalue weighted by atomic mass is 10.0. The summed E-state index contributed by atoms with van der Waals surface area (Å²) in [6, 6.07) is 8.85. The van der Waals surface area contributed by atoms with Crippen molar-refractivity contribution in [2.24, 2.45) is 5.73 Å². The summed E-state index contributed by atoms with van der Waals surface area (Å²) in [5.41, 5.74) is 9.94. The van der Waals surface area contributed by atoms with Crippen LogP contribution in [0, 0.1) is 0 Å². The van der Waals surface area contributed by atoms with Crippen molar-refractivity contribution in [2.75, 3.05) is 0 Å². The quantitative estimate of drug-likeness (QED) is 0.791. The summed E-state index contributed by atoms with van der Waals surface area (Å²) < 4.78 is 0. The van der Waals surface area contributed by atoms with Crippen molar-refractivity contribution in [3.63, 3.8) is 0 Å². The van der Waals surface area contributed by atoms with Crippen LogP contribution in [0.1, 0.15) is 43.9 Å². The van der Waals surface area contributed by atoms with Gasteiger partial charge in [0.1, 0.15) is 0 Å². The van der Waals surface area contributed by atoms with Crippen molar-refractivity contribution in [3.8, 4) is 0 Å². The van der Waals surface area contributed by atoms with Gasteiger partial charge in [0.2, 0.25) is 0 Å². The summed E-state index contributed by atoms with van der Waals surface area (Å²) in [5.74, 6) is 0.573. The molecule has 2 aromatic rings. The van der Waals surface area contributed by atoms with Gasteiger partial charge in [-0.3, -0.25) is 0 Å². The van der Waals surface area contributed by atoms with Crippen LogP contribution in [0.4, 0.5) is 0 Å². The SMILES string of the molecule is CC(C)c1ccc2cc(C3(N)CC3)[nH]c2c1. The third-order valence-electron chi connectivity index (χ3n) is 3.64. The largest absolute Gasteiger partial charge is 0.357 e. The molecule has 0 aliphatic heterocycles. The summed E-state index contributed by atoms with van der Waals surface area (Å²) in [7, 11) is 0. The third-order valence-corrected chi connectivity index (χ3v) is 3.64. The maximum Gasteiger partial charge on any atom is 0.0563 e. The number of rotatable bonds is 2. The maximum atomic E-state index is 6.20. The first kappa shape index (κ1) is 9.91. The van der Waals surface area contributed by atoms with E-state index in [0.29, 0.717) is 5.92 Å². The van der Waals surface area contributed by atoms with Crippen molar-refractivity contribution >= 4 is 10.9 Å². The first-order valence-electron chi connectivity index (χ1n) is 6.00. The molecule has 0 atom stereocenters. The predicted molar refractivity (Wildman–Crippen MR) is 67.5 cm³/mol. The Bertz CT molecular complexity index is 533. The molecule has 1 aliphatic carbocycles. The Kier molecular flexibility index (Phi) is 1.93. The number of nitrogens with one attached hydrogen (secondary N) is 1. The van der Waals surface area contributed by atoms with E-state index in [1.54, 1.807) is 0 Å². The standard InChI is InChI=1S/C14H18N2/c1-9(2)10-3-4-11-8-13(14(15)5-6-14)16-12(11)7-10/h3-4,7-9,16H,5-6,15H2,1-2H3. The summed E-state index contributed by atoms with van der Waals surface area (Å²) in [5, 5.41) is 1.27. The van der Waals surface area contributed by atoms with Crippen LogP contribution in [0.2, 0.25) is 0 Å². The molecule has 0 spiro atoms. The Morgan fingerprint density at radius 1 is 1.25 bits per heavy atom. The van der Waals surface area contributed by atoms with Crippen molar-refractivity contribution in [1.29, 1.82) is 0 Å². The molecule has 0 bridgehead atoms. The fraction of sp³-hybridized carbons (Fsp3) is 0.429. The van der Waals surface area contributed by atoms with Crippen LogP contribution in [0.25, 0.3) is 10.9 Å². The zero-order valence-corrected chi connectivity index (χ0v) is 9.88. The lowest BCUT2D eigenvalue weighted by Crippen LogP contribution is -2.18. The number of aromatic nitrogens is 1. The molecule has 3 rings (SSSR count). The molecule has 2 nitrogen and oxygen atoms in total. The topological polar surface area (TPSA) is 41.8 Å². The molecule has 0 saturated heterocycles. The van der Waals surface area contributed by atoms with Crippen molar-refractivity contribution in [1.82, 2.24) is 4.98 Å². The zero-order chi connectivity index (χ0) is 11.3. The van der Waals surface area contributed by atoms with Gasteiger partial charge in [-0.2, -0.15) is 0 Å². The number of aromatic amines is 1. The molecule has 0 amide bonds. The van der Waals surface area contributed by atoms with Gasteiger partial charge in [0, 0.05) is 11.2 Å². The van der Waals surface area contributed by atoms with E-state index in [2.05, 4.69) is 43.1 Å². The molecule has 1 heterocycles. The molecular formula is C14H18N2. The maximum absolute atomic E-state index is 6.20. The predicted octanol–water partition coefficient (Wildman–Crippen LogP) is 3.24. The average molecular weight is 214 g/mol. The van der Waals surface area contributed by atoms with E-state index in [1.165, 1.54) is 22.2 Å². The molecule has 0 radical (unpaired) electrons. The Morgan fingerprint density at radius 3 is 2.62 bits per heavy atom. The highest BCUT2D eigenvalue weighted by Gasteiger charge is 2.41. The number of benzene rings is 1. The van der Waals surface area contributed by atoms with Gasteiger partial charge in [-0.15, -0.1) is 0 Å². The highest BCUT2D eigenvalue weighted by molar-refractivity contribution is 5.81. The minimum atomic E-state index is -0.0585. The van der Waals surface area contributed by atoms with Gasteiger partial charge in [0.05, 0.1) is 5.54 Å². The fourth-order valence-corrected chi connectivity index (χ4v) is 2.18. The molecule has 1 saturated carbocycles. The van der Waals surface area contributed by atoms with E-state index in [4.69, 9.17) is 5.73 Å². The average Bonchev–Trinajstić information content (AvgIpc) is 2.86. The summed E-state index contributed by atoms with van der Waals surface area (Å²) >= 11 is 0. The second kappa shape index (κ2) is 3.11. The van der Waals surface area contributed by atoms with Crippen LogP contribution < -0.4 is 5.73 Å². The molecule has 1 aromatic heterocycles. The van der Waals surface area contributed by atoms with Gasteiger partial charge in [-0.25, -0.2) is 0 Å². The number of hydrogen-bond donors (Lipinski definition) is 2. The Morgan fingerprint density at radius 2 is 2.00 bits per heavy atom. The van der Waals surface area contributed by atoms with Crippen molar-refractivity contribution < 1.29 is 0 Å². The summed E-state index contributed by atoms with van der Waals surface area (Å²) in [4.78, 5) is 3.47. The minimum absolute atomic E-state index is 0.0585. The van der Waals surface area contributed by atoms with E-state index < -0.39 is 0 Å². The molecule has 1 aromatic carbocycles. The first-order chi connectivity index (χ1) is 7.58. The van der Waals surface area contributed by atoms with Gasteiger partial charge >= 0.3 is 0 Å². The molecule has 3 N–H and O–H groups in total. The zero-order valence-electron chi connectivity index (χ0n) is 9.88. The van der Waals surface area contributed by atoms with E-state index in [9.17, 15) is 0 Å². The Balaban J connectivity index is 2.10. The fourth-order valence-electron chi connectivity index (χ4n) is 2.18. The molecule has 0 unspecified atom stereocenters. The molecule has 1 aliphatic rings. The lowest BCUT2D eigenvalue weighted by Gasteiger charge is -2.04. The second-order valence-corrected chi connectivity index (χ2v) is 5.34. The molecule has 2 heteroatoms. The van der Waals surface area contributed by atoms with E-state index in [0.717, 1.165) is 12.8 Å². The number of fused-ring (bicyclic) bond motifs is 1. The smallest absolute Gasteiger partial charge is 0.0563 e. The van der Waals surface area contributed by atoms with Crippen LogP contribution in [-0.2, 0) is 5.54 Å². The monoisotopic (exact) mass is 214 g/mol. The second-order valence-electron chi connectivity index (χ2n) is 5.34. The van der Waals surface area contributed by atoms with Gasteiger partial charge < -0.3 is 10.7 Å². The summed E-state index contributed by atoms with van der Waals surface area (Å²) in [6.45, 7) is 4.44. The first-order valence-corrected chi connectivity index (χ1v) is 6.00. The van der Waals surface area contributed by atoms with Gasteiger partial charge in [0.15, 0.2) is 0 Å². The van der Waals surface area contributed by atoms with Crippen LogP contribution in [-0.4, -0.2) is 4.98 Å². The number of H-pyrrole nitrogens is 1.